The lowest BCUT2D eigenvalue weighted by molar-refractivity contribution is 0.219. The highest BCUT2D eigenvalue weighted by Gasteiger charge is 2.10. The van der Waals surface area contributed by atoms with Crippen molar-refractivity contribution >= 4 is 29.3 Å². The van der Waals surface area contributed by atoms with Gasteiger partial charge < -0.3 is 4.74 Å². The van der Waals surface area contributed by atoms with Crippen LogP contribution in [0, 0.1) is 0 Å². The molecule has 0 amide bonds. The summed E-state index contributed by atoms with van der Waals surface area (Å²) < 4.78 is 5.46. The van der Waals surface area contributed by atoms with E-state index < -0.39 is 0 Å². The Balaban J connectivity index is 2.26. The van der Waals surface area contributed by atoms with Gasteiger partial charge in [0.2, 0.25) is 11.1 Å². The lowest BCUT2D eigenvalue weighted by Crippen LogP contribution is -2.14. The van der Waals surface area contributed by atoms with E-state index in [1.807, 2.05) is 32.0 Å². The number of ether oxygens (including phenoxy) is 1. The Kier molecular flexibility index (Phi) is 4.99. The zero-order valence-electron chi connectivity index (χ0n) is 11.0. The minimum absolute atomic E-state index is 0.0351. The number of halogens is 1. The van der Waals surface area contributed by atoms with E-state index in [0.29, 0.717) is 10.2 Å². The van der Waals surface area contributed by atoms with Gasteiger partial charge in [-0.05, 0) is 43.8 Å². The van der Waals surface area contributed by atoms with Crippen molar-refractivity contribution in [2.24, 2.45) is 5.84 Å². The van der Waals surface area contributed by atoms with Crippen molar-refractivity contribution in [2.45, 2.75) is 30.0 Å². The Hall–Kier alpha value is -1.57. The summed E-state index contributed by atoms with van der Waals surface area (Å²) in [4.78, 5) is 13.3. The highest BCUT2D eigenvalue weighted by atomic mass is 35.5. The molecule has 2 aromatic rings. The van der Waals surface area contributed by atoms with E-state index in [-0.39, 0.29) is 18.1 Å². The molecule has 106 valence electrons. The Labute approximate surface area is 126 Å². The quantitative estimate of drug-likeness (QED) is 0.648. The maximum atomic E-state index is 5.95. The summed E-state index contributed by atoms with van der Waals surface area (Å²) in [5.74, 6) is 5.60. The van der Waals surface area contributed by atoms with Gasteiger partial charge in [0.1, 0.15) is 0 Å². The smallest absolute Gasteiger partial charge is 0.322 e. The van der Waals surface area contributed by atoms with Crippen LogP contribution < -0.4 is 16.0 Å². The lowest BCUT2D eigenvalue weighted by Gasteiger charge is -2.09. The number of benzene rings is 1. The van der Waals surface area contributed by atoms with Gasteiger partial charge in [-0.2, -0.15) is 15.0 Å². The normalized spacial score (nSPS) is 10.7. The van der Waals surface area contributed by atoms with E-state index in [0.717, 1.165) is 4.90 Å². The number of hydrogen-bond donors (Lipinski definition) is 2. The van der Waals surface area contributed by atoms with Gasteiger partial charge in [-0.3, -0.25) is 5.43 Å². The molecule has 0 aliphatic heterocycles. The Morgan fingerprint density at radius 1 is 1.30 bits per heavy atom. The Bertz CT molecular complexity index is 596. The van der Waals surface area contributed by atoms with E-state index in [1.165, 1.54) is 11.8 Å². The SMILES string of the molecule is CC(C)Oc1nc(NN)nc(Sc2cccc(Cl)c2)n1. The number of nitrogen functional groups attached to an aromatic ring is 1. The number of nitrogens with zero attached hydrogens (tertiary/aromatic N) is 3. The topological polar surface area (TPSA) is 86.0 Å². The first-order chi connectivity index (χ1) is 9.56. The summed E-state index contributed by atoms with van der Waals surface area (Å²) in [5.41, 5.74) is 2.40. The molecule has 8 heteroatoms. The predicted molar refractivity (Wildman–Crippen MR) is 79.0 cm³/mol. The third-order valence-corrected chi connectivity index (χ3v) is 3.16. The number of anilines is 1. The van der Waals surface area contributed by atoms with Gasteiger partial charge in [0.25, 0.3) is 0 Å². The molecule has 0 radical (unpaired) electrons. The summed E-state index contributed by atoms with van der Waals surface area (Å²) >= 11 is 7.30. The Morgan fingerprint density at radius 2 is 2.10 bits per heavy atom. The molecule has 0 atom stereocenters. The maximum absolute atomic E-state index is 5.95. The number of nitrogens with one attached hydrogen (secondary N) is 1. The molecule has 1 aromatic heterocycles. The summed E-state index contributed by atoms with van der Waals surface area (Å²) in [6.07, 6.45) is -0.0351. The second-order valence-electron chi connectivity index (χ2n) is 4.09. The highest BCUT2D eigenvalue weighted by molar-refractivity contribution is 7.99. The fraction of sp³-hybridized carbons (Fsp3) is 0.250. The molecule has 6 nitrogen and oxygen atoms in total. The second kappa shape index (κ2) is 6.74. The van der Waals surface area contributed by atoms with Crippen LogP contribution in [0.5, 0.6) is 6.01 Å². The molecule has 0 bridgehead atoms. The lowest BCUT2D eigenvalue weighted by atomic mass is 10.4. The number of hydrazine groups is 1. The molecule has 1 heterocycles. The molecule has 2 rings (SSSR count). The van der Waals surface area contributed by atoms with E-state index in [1.54, 1.807) is 6.07 Å². The third-order valence-electron chi connectivity index (χ3n) is 2.07. The second-order valence-corrected chi connectivity index (χ2v) is 5.57. The van der Waals surface area contributed by atoms with Gasteiger partial charge in [-0.15, -0.1) is 0 Å². The van der Waals surface area contributed by atoms with Crippen molar-refractivity contribution in [3.8, 4) is 6.01 Å². The molecule has 0 aliphatic carbocycles. The third kappa shape index (κ3) is 4.22. The highest BCUT2D eigenvalue weighted by Crippen LogP contribution is 2.28. The van der Waals surface area contributed by atoms with Crippen molar-refractivity contribution in [1.29, 1.82) is 0 Å². The van der Waals surface area contributed by atoms with E-state index in [2.05, 4.69) is 20.4 Å². The van der Waals surface area contributed by atoms with E-state index >= 15 is 0 Å². The number of hydrogen-bond acceptors (Lipinski definition) is 7. The number of nitrogens with two attached hydrogens (primary N) is 1. The van der Waals surface area contributed by atoms with Crippen LogP contribution in [0.25, 0.3) is 0 Å². The van der Waals surface area contributed by atoms with Crippen LogP contribution >= 0.6 is 23.4 Å². The summed E-state index contributed by atoms with van der Waals surface area (Å²) in [6.45, 7) is 3.78. The minimum atomic E-state index is -0.0351. The first kappa shape index (κ1) is 14.8. The molecule has 0 aliphatic rings. The van der Waals surface area contributed by atoms with Gasteiger partial charge >= 0.3 is 6.01 Å². The minimum Gasteiger partial charge on any atom is -0.461 e. The van der Waals surface area contributed by atoms with Crippen LogP contribution in [0.4, 0.5) is 5.95 Å². The summed E-state index contributed by atoms with van der Waals surface area (Å²) in [6, 6.07) is 7.64. The maximum Gasteiger partial charge on any atom is 0.322 e. The molecular formula is C12H14ClN5OS. The first-order valence-corrected chi connectivity index (χ1v) is 7.09. The molecule has 20 heavy (non-hydrogen) atoms. The number of rotatable bonds is 5. The van der Waals surface area contributed by atoms with Crippen LogP contribution in [0.3, 0.4) is 0 Å². The summed E-state index contributed by atoms with van der Waals surface area (Å²) in [5, 5.41) is 1.13. The van der Waals surface area contributed by atoms with Crippen molar-refractivity contribution in [3.05, 3.63) is 29.3 Å². The van der Waals surface area contributed by atoms with Crippen molar-refractivity contribution in [1.82, 2.24) is 15.0 Å². The Morgan fingerprint density at radius 3 is 2.75 bits per heavy atom. The van der Waals surface area contributed by atoms with E-state index in [4.69, 9.17) is 22.2 Å². The molecule has 0 saturated heterocycles. The number of aromatic nitrogens is 3. The fourth-order valence-corrected chi connectivity index (χ4v) is 2.40. The van der Waals surface area contributed by atoms with E-state index in [9.17, 15) is 0 Å². The van der Waals surface area contributed by atoms with Gasteiger partial charge in [0, 0.05) is 9.92 Å². The van der Waals surface area contributed by atoms with Gasteiger partial charge in [0.15, 0.2) is 0 Å². The molecule has 3 N–H and O–H groups in total. The predicted octanol–water partition coefficient (Wildman–Crippen LogP) is 2.75. The van der Waals surface area contributed by atoms with Gasteiger partial charge in [-0.25, -0.2) is 5.84 Å². The molecular weight excluding hydrogens is 298 g/mol. The van der Waals surface area contributed by atoms with Crippen LogP contribution in [0.2, 0.25) is 5.02 Å². The van der Waals surface area contributed by atoms with Crippen molar-refractivity contribution < 1.29 is 4.74 Å². The molecule has 0 unspecified atom stereocenters. The van der Waals surface area contributed by atoms with Crippen molar-refractivity contribution in [3.63, 3.8) is 0 Å². The molecule has 0 saturated carbocycles. The molecule has 0 spiro atoms. The van der Waals surface area contributed by atoms with Crippen molar-refractivity contribution in [2.75, 3.05) is 5.43 Å². The van der Waals surface area contributed by atoms with Crippen LogP contribution in [-0.4, -0.2) is 21.1 Å². The zero-order valence-corrected chi connectivity index (χ0v) is 12.6. The average Bonchev–Trinajstić information content (AvgIpc) is 2.37. The molecule has 1 aromatic carbocycles. The summed E-state index contributed by atoms with van der Waals surface area (Å²) in [7, 11) is 0. The van der Waals surface area contributed by atoms with Crippen LogP contribution in [0.15, 0.2) is 34.3 Å². The standard InChI is InChI=1S/C12H14ClN5OS/c1-7(2)19-11-15-10(18-14)16-12(17-11)20-9-5-3-4-8(13)6-9/h3-7H,14H2,1-2H3,(H,15,16,17,18). The first-order valence-electron chi connectivity index (χ1n) is 5.89. The molecule has 0 fully saturated rings. The van der Waals surface area contributed by atoms with Crippen LogP contribution in [0.1, 0.15) is 13.8 Å². The largest absolute Gasteiger partial charge is 0.461 e. The van der Waals surface area contributed by atoms with Crippen LogP contribution in [-0.2, 0) is 0 Å². The fourth-order valence-electron chi connectivity index (χ4n) is 1.35. The van der Waals surface area contributed by atoms with Gasteiger partial charge in [0.05, 0.1) is 6.10 Å². The monoisotopic (exact) mass is 311 g/mol. The zero-order chi connectivity index (χ0) is 14.5. The average molecular weight is 312 g/mol. The van der Waals surface area contributed by atoms with Gasteiger partial charge in [-0.1, -0.05) is 17.7 Å².